The summed E-state index contributed by atoms with van der Waals surface area (Å²) < 4.78 is 42.4. The Morgan fingerprint density at radius 2 is 1.25 bits per heavy atom. The Morgan fingerprint density at radius 3 is 1.81 bits per heavy atom. The van der Waals surface area contributed by atoms with Gasteiger partial charge in [-0.15, -0.1) is 0 Å². The lowest BCUT2D eigenvalue weighted by Crippen LogP contribution is -2.46. The van der Waals surface area contributed by atoms with Crippen LogP contribution in [-0.2, 0) is 62.7 Å². The highest BCUT2D eigenvalue weighted by Crippen LogP contribution is 2.15. The molecule has 0 rings (SSSR count). The Morgan fingerprint density at radius 1 is 0.673 bits per heavy atom. The molecule has 7 N–H and O–H groups in total. The van der Waals surface area contributed by atoms with Crippen LogP contribution in [0.2, 0.25) is 0 Å². The van der Waals surface area contributed by atoms with Crippen LogP contribution in [0.15, 0.2) is 0 Å². The van der Waals surface area contributed by atoms with E-state index < -0.39 is 94.0 Å². The van der Waals surface area contributed by atoms with Crippen LogP contribution in [0, 0.1) is 11.8 Å². The molecule has 0 aliphatic rings. The molecule has 0 saturated heterocycles. The lowest BCUT2D eigenvalue weighted by atomic mass is 9.94. The molecule has 296 valence electrons. The van der Waals surface area contributed by atoms with E-state index in [1.165, 1.54) is 0 Å². The van der Waals surface area contributed by atoms with E-state index in [-0.39, 0.29) is 90.1 Å². The minimum atomic E-state index is -4.78. The highest BCUT2D eigenvalue weighted by molar-refractivity contribution is 7.85. The number of ketones is 3. The summed E-state index contributed by atoms with van der Waals surface area (Å²) in [6.45, 7) is 1.25. The van der Waals surface area contributed by atoms with Crippen LogP contribution < -0.4 is 16.0 Å². The van der Waals surface area contributed by atoms with Crippen LogP contribution in [0.5, 0.6) is 0 Å². The van der Waals surface area contributed by atoms with E-state index in [1.54, 1.807) is 0 Å². The molecule has 3 atom stereocenters. The SMILES string of the molecule is CCCC(=O)CNC(=O)CCC(CC(=O)COCCOCCNC(=O)CCC(CC(=O)C(CS(=O)(=O)O)NC(=O)CCCC(=O)O)C(=O)O)C(=O)O. The fraction of sp³-hybridized carbons (Fsp3) is 0.710. The van der Waals surface area contributed by atoms with Crippen molar-refractivity contribution in [2.24, 2.45) is 11.8 Å². The number of hydrogen-bond acceptors (Lipinski definition) is 13. The van der Waals surface area contributed by atoms with Gasteiger partial charge in [-0.2, -0.15) is 8.42 Å². The number of carbonyl (C=O) groups is 9. The quantitative estimate of drug-likeness (QED) is 0.0323. The van der Waals surface area contributed by atoms with Gasteiger partial charge in [0, 0.05) is 51.5 Å². The zero-order valence-corrected chi connectivity index (χ0v) is 29.8. The van der Waals surface area contributed by atoms with E-state index in [2.05, 4.69) is 16.0 Å². The van der Waals surface area contributed by atoms with Gasteiger partial charge in [0.15, 0.2) is 17.3 Å². The summed E-state index contributed by atoms with van der Waals surface area (Å²) >= 11 is 0. The largest absolute Gasteiger partial charge is 0.481 e. The number of Topliss-reactive ketones (excluding diaryl/α,β-unsaturated/α-hetero) is 3. The fourth-order valence-electron chi connectivity index (χ4n) is 4.46. The van der Waals surface area contributed by atoms with Gasteiger partial charge < -0.3 is 40.7 Å². The Balaban J connectivity index is 4.47. The second kappa shape index (κ2) is 26.4. The average molecular weight is 768 g/mol. The molecule has 52 heavy (non-hydrogen) atoms. The Labute approximate surface area is 300 Å². The van der Waals surface area contributed by atoms with Crippen LogP contribution in [0.1, 0.15) is 77.6 Å². The molecule has 21 heteroatoms. The minimum absolute atomic E-state index is 0.000557. The van der Waals surface area contributed by atoms with Crippen molar-refractivity contribution in [2.75, 3.05) is 45.3 Å². The minimum Gasteiger partial charge on any atom is -0.481 e. The van der Waals surface area contributed by atoms with Gasteiger partial charge in [-0.1, -0.05) is 6.92 Å². The van der Waals surface area contributed by atoms with E-state index in [1.807, 2.05) is 6.92 Å². The molecule has 3 amide bonds. The smallest absolute Gasteiger partial charge is 0.306 e. The highest BCUT2D eigenvalue weighted by atomic mass is 32.2. The molecule has 0 bridgehead atoms. The van der Waals surface area contributed by atoms with E-state index in [0.29, 0.717) is 12.8 Å². The molecular formula is C31H49N3O17S. The Kier molecular flexibility index (Phi) is 24.2. The molecule has 20 nitrogen and oxygen atoms in total. The van der Waals surface area contributed by atoms with E-state index in [0.717, 1.165) is 0 Å². The third-order valence-corrected chi connectivity index (χ3v) is 7.93. The summed E-state index contributed by atoms with van der Waals surface area (Å²) in [5.74, 6) is -11.4. The first-order valence-electron chi connectivity index (χ1n) is 16.5. The molecule has 0 fully saturated rings. The number of hydrogen-bond donors (Lipinski definition) is 7. The predicted molar refractivity (Wildman–Crippen MR) is 177 cm³/mol. The molecule has 0 aromatic heterocycles. The third-order valence-electron chi connectivity index (χ3n) is 7.17. The van der Waals surface area contributed by atoms with Gasteiger partial charge in [-0.25, -0.2) is 0 Å². The second-order valence-corrected chi connectivity index (χ2v) is 13.3. The maximum absolute atomic E-state index is 12.7. The van der Waals surface area contributed by atoms with Crippen LogP contribution in [0.4, 0.5) is 0 Å². The lowest BCUT2D eigenvalue weighted by Gasteiger charge is -2.19. The molecule has 0 spiro atoms. The number of nitrogens with one attached hydrogen (secondary N) is 3. The Hall–Kier alpha value is -4.34. The van der Waals surface area contributed by atoms with Crippen molar-refractivity contribution >= 4 is 63.1 Å². The van der Waals surface area contributed by atoms with Gasteiger partial charge in [-0.05, 0) is 25.7 Å². The first kappa shape index (κ1) is 47.7. The van der Waals surface area contributed by atoms with Crippen molar-refractivity contribution in [1.29, 1.82) is 0 Å². The number of aliphatic carboxylic acids is 3. The van der Waals surface area contributed by atoms with Gasteiger partial charge in [0.1, 0.15) is 18.4 Å². The molecule has 0 saturated carbocycles. The molecule has 0 aromatic rings. The summed E-state index contributed by atoms with van der Waals surface area (Å²) in [5.41, 5.74) is 0. The molecule has 3 unspecified atom stereocenters. The average Bonchev–Trinajstić information content (AvgIpc) is 3.03. The van der Waals surface area contributed by atoms with E-state index in [9.17, 15) is 61.8 Å². The highest BCUT2D eigenvalue weighted by Gasteiger charge is 2.31. The van der Waals surface area contributed by atoms with E-state index in [4.69, 9.17) is 19.1 Å². The number of ether oxygens (including phenoxy) is 2. The molecule has 0 heterocycles. The molecule has 0 aromatic carbocycles. The van der Waals surface area contributed by atoms with Gasteiger partial charge in [0.05, 0.1) is 38.2 Å². The summed E-state index contributed by atoms with van der Waals surface area (Å²) in [5, 5.41) is 34.5. The Bertz CT molecular complexity index is 1350. The zero-order valence-electron chi connectivity index (χ0n) is 29.0. The topological polar surface area (TPSA) is 323 Å². The number of carboxylic acid groups (broad SMARTS) is 3. The van der Waals surface area contributed by atoms with Gasteiger partial charge in [0.25, 0.3) is 10.1 Å². The van der Waals surface area contributed by atoms with Crippen LogP contribution >= 0.6 is 0 Å². The standard InChI is InChI=1S/C31H49N3O17S/c1-2-4-22(35)17-33-27(39)10-7-20(30(43)44)15-23(36)18-51-14-13-50-12-11-32-26(38)9-8-21(31(45)46)16-25(37)24(19-52(47,48)49)34-28(40)5-3-6-29(41)42/h20-21,24H,2-19H2,1H3,(H,32,38)(H,33,39)(H,34,40)(H,41,42)(H,43,44)(H,45,46)(H,47,48,49). The van der Waals surface area contributed by atoms with Crippen molar-refractivity contribution in [3.8, 4) is 0 Å². The monoisotopic (exact) mass is 767 g/mol. The summed E-state index contributed by atoms with van der Waals surface area (Å²) in [4.78, 5) is 106. The van der Waals surface area contributed by atoms with Gasteiger partial charge in [0.2, 0.25) is 17.7 Å². The van der Waals surface area contributed by atoms with Gasteiger partial charge in [-0.3, -0.25) is 47.7 Å². The molecule has 0 aliphatic carbocycles. The number of carboxylic acids is 3. The summed E-state index contributed by atoms with van der Waals surface area (Å²) in [6, 6.07) is -1.80. The van der Waals surface area contributed by atoms with E-state index >= 15 is 0 Å². The van der Waals surface area contributed by atoms with Crippen molar-refractivity contribution in [1.82, 2.24) is 16.0 Å². The normalized spacial score (nSPS) is 12.9. The van der Waals surface area contributed by atoms with Crippen LogP contribution in [0.25, 0.3) is 0 Å². The molecule has 0 radical (unpaired) electrons. The first-order chi connectivity index (χ1) is 24.3. The van der Waals surface area contributed by atoms with Crippen LogP contribution in [-0.4, -0.2) is 133 Å². The lowest BCUT2D eigenvalue weighted by molar-refractivity contribution is -0.145. The van der Waals surface area contributed by atoms with Gasteiger partial charge >= 0.3 is 17.9 Å². The number of carbonyl (C=O) groups excluding carboxylic acids is 6. The van der Waals surface area contributed by atoms with Crippen LogP contribution in [0.3, 0.4) is 0 Å². The van der Waals surface area contributed by atoms with Crippen molar-refractivity contribution in [3.05, 3.63) is 0 Å². The predicted octanol–water partition coefficient (Wildman–Crippen LogP) is -0.871. The maximum Gasteiger partial charge on any atom is 0.306 e. The third kappa shape index (κ3) is 25.6. The summed E-state index contributed by atoms with van der Waals surface area (Å²) in [7, 11) is -4.78. The first-order valence-corrected chi connectivity index (χ1v) is 18.1. The molecular weight excluding hydrogens is 718 g/mol. The number of rotatable bonds is 32. The maximum atomic E-state index is 12.7. The van der Waals surface area contributed by atoms with Crippen molar-refractivity contribution in [3.63, 3.8) is 0 Å². The second-order valence-electron chi connectivity index (χ2n) is 11.8. The van der Waals surface area contributed by atoms with Crippen molar-refractivity contribution < 1.29 is 80.9 Å². The summed E-state index contributed by atoms with van der Waals surface area (Å²) in [6.07, 6.45) is -1.99. The fourth-order valence-corrected chi connectivity index (χ4v) is 5.15. The van der Waals surface area contributed by atoms with Crippen molar-refractivity contribution in [2.45, 2.75) is 83.6 Å². The molecule has 0 aliphatic heterocycles. The zero-order chi connectivity index (χ0) is 39.7. The number of amides is 3.